The molecule has 1 unspecified atom stereocenters. The van der Waals surface area contributed by atoms with E-state index in [2.05, 4.69) is 16.3 Å². The molecule has 1 aliphatic carbocycles. The van der Waals surface area contributed by atoms with E-state index in [0.29, 0.717) is 0 Å². The third-order valence-electron chi connectivity index (χ3n) is 4.89. The Hall–Kier alpha value is -0.680. The van der Waals surface area contributed by atoms with Crippen LogP contribution in [-0.2, 0) is 4.79 Å². The second kappa shape index (κ2) is 9.14. The zero-order valence-electron chi connectivity index (χ0n) is 13.7. The molecule has 1 amide bonds. The first-order valence-corrected chi connectivity index (χ1v) is 8.55. The van der Waals surface area contributed by atoms with Crippen LogP contribution in [0.15, 0.2) is 24.3 Å². The van der Waals surface area contributed by atoms with Crippen molar-refractivity contribution in [2.24, 2.45) is 5.73 Å². The molecule has 2 aliphatic rings. The largest absolute Gasteiger partial charge is 0.369 e. The summed E-state index contributed by atoms with van der Waals surface area (Å²) in [6.07, 6.45) is 5.88. The summed E-state index contributed by atoms with van der Waals surface area (Å²) in [4.78, 5) is 14.8. The normalized spacial score (nSPS) is 22.2. The average molecular weight is 395 g/mol. The number of nitrogens with zero attached hydrogens (tertiary/aromatic N) is 1. The van der Waals surface area contributed by atoms with Crippen molar-refractivity contribution in [3.05, 3.63) is 29.3 Å². The molecule has 1 atom stereocenters. The Morgan fingerprint density at radius 2 is 1.96 bits per heavy atom. The number of benzene rings is 1. The third-order valence-corrected chi connectivity index (χ3v) is 5.13. The van der Waals surface area contributed by atoms with Crippen molar-refractivity contribution in [3.8, 4) is 0 Å². The number of halogens is 3. The maximum absolute atomic E-state index is 12.5. The van der Waals surface area contributed by atoms with E-state index in [0.717, 1.165) is 55.9 Å². The van der Waals surface area contributed by atoms with Crippen LogP contribution in [0.4, 0.5) is 5.69 Å². The fraction of sp³-hybridized carbons (Fsp3) is 0.588. The molecule has 0 bridgehead atoms. The van der Waals surface area contributed by atoms with Gasteiger partial charge < -0.3 is 16.0 Å². The van der Waals surface area contributed by atoms with Crippen LogP contribution in [0.5, 0.6) is 0 Å². The summed E-state index contributed by atoms with van der Waals surface area (Å²) in [7, 11) is 0. The molecular weight excluding hydrogens is 369 g/mol. The molecule has 0 spiro atoms. The predicted octanol–water partition coefficient (Wildman–Crippen LogP) is 3.54. The van der Waals surface area contributed by atoms with Crippen molar-refractivity contribution in [1.29, 1.82) is 0 Å². The first-order valence-electron chi connectivity index (χ1n) is 8.17. The van der Waals surface area contributed by atoms with Crippen LogP contribution >= 0.6 is 36.4 Å². The number of nitrogens with two attached hydrogens (primary N) is 1. The molecule has 0 radical (unpaired) electrons. The maximum atomic E-state index is 12.5. The highest BCUT2D eigenvalue weighted by Gasteiger charge is 2.37. The summed E-state index contributed by atoms with van der Waals surface area (Å²) in [6.45, 7) is 1.75. The highest BCUT2D eigenvalue weighted by Crippen LogP contribution is 2.27. The van der Waals surface area contributed by atoms with Gasteiger partial charge in [0.2, 0.25) is 5.91 Å². The van der Waals surface area contributed by atoms with Crippen LogP contribution in [0.2, 0.25) is 5.02 Å². The molecule has 1 saturated heterocycles. The molecule has 3 rings (SSSR count). The number of nitrogens with one attached hydrogen (secondary N) is 1. The summed E-state index contributed by atoms with van der Waals surface area (Å²) in [6, 6.07) is 8.04. The van der Waals surface area contributed by atoms with E-state index in [1.54, 1.807) is 0 Å². The highest BCUT2D eigenvalue weighted by molar-refractivity contribution is 6.30. The van der Waals surface area contributed by atoms with Gasteiger partial charge in [-0.25, -0.2) is 0 Å². The summed E-state index contributed by atoms with van der Waals surface area (Å²) in [5.74, 6) is 0.0325. The van der Waals surface area contributed by atoms with E-state index >= 15 is 0 Å². The molecular formula is C17H26Cl3N3O. The number of hydrogen-bond acceptors (Lipinski definition) is 3. The minimum absolute atomic E-state index is 0. The van der Waals surface area contributed by atoms with Crippen LogP contribution in [0.1, 0.15) is 38.5 Å². The van der Waals surface area contributed by atoms with Gasteiger partial charge in [-0.05, 0) is 37.5 Å². The number of rotatable bonds is 3. The topological polar surface area (TPSA) is 58.4 Å². The number of hydrogen-bond donors (Lipinski definition) is 2. The van der Waals surface area contributed by atoms with Gasteiger partial charge in [-0.15, -0.1) is 24.8 Å². The lowest BCUT2D eigenvalue weighted by molar-refractivity contribution is -0.128. The summed E-state index contributed by atoms with van der Waals surface area (Å²) in [5, 5.41) is 3.91. The molecule has 1 aliphatic heterocycles. The molecule has 1 saturated carbocycles. The van der Waals surface area contributed by atoms with Gasteiger partial charge in [0.1, 0.15) is 0 Å². The van der Waals surface area contributed by atoms with Crippen molar-refractivity contribution in [2.45, 2.75) is 50.1 Å². The average Bonchev–Trinajstić information content (AvgIpc) is 2.96. The quantitative estimate of drug-likeness (QED) is 0.824. The van der Waals surface area contributed by atoms with Crippen LogP contribution in [0.3, 0.4) is 0 Å². The maximum Gasteiger partial charge on any atom is 0.240 e. The van der Waals surface area contributed by atoms with Gasteiger partial charge in [-0.1, -0.05) is 36.9 Å². The standard InChI is InChI=1S/C17H24ClN3O.2ClH/c18-13-5-4-6-15(11-13)21-10-7-14(12-21)20-16(22)17(19)8-2-1-3-9-17;;/h4-6,11,14H,1-3,7-10,12,19H2,(H,20,22);2*1H. The van der Waals surface area contributed by atoms with Crippen molar-refractivity contribution in [3.63, 3.8) is 0 Å². The Morgan fingerprint density at radius 1 is 1.25 bits per heavy atom. The van der Waals surface area contributed by atoms with Crippen LogP contribution in [0.25, 0.3) is 0 Å². The molecule has 7 heteroatoms. The zero-order chi connectivity index (χ0) is 15.6. The van der Waals surface area contributed by atoms with Gasteiger partial charge >= 0.3 is 0 Å². The minimum Gasteiger partial charge on any atom is -0.369 e. The van der Waals surface area contributed by atoms with Crippen LogP contribution in [-0.4, -0.2) is 30.6 Å². The molecule has 1 heterocycles. The fourth-order valence-electron chi connectivity index (χ4n) is 3.52. The monoisotopic (exact) mass is 393 g/mol. The summed E-state index contributed by atoms with van der Waals surface area (Å²) >= 11 is 6.05. The molecule has 24 heavy (non-hydrogen) atoms. The molecule has 136 valence electrons. The molecule has 0 aromatic heterocycles. The molecule has 1 aromatic rings. The Balaban J connectivity index is 0.00000144. The van der Waals surface area contributed by atoms with Gasteiger partial charge in [0, 0.05) is 29.8 Å². The lowest BCUT2D eigenvalue weighted by Gasteiger charge is -2.33. The third kappa shape index (κ3) is 4.92. The second-order valence-corrected chi connectivity index (χ2v) is 7.04. The van der Waals surface area contributed by atoms with Crippen molar-refractivity contribution in [2.75, 3.05) is 18.0 Å². The zero-order valence-corrected chi connectivity index (χ0v) is 16.1. The van der Waals surface area contributed by atoms with Gasteiger partial charge in [0.25, 0.3) is 0 Å². The fourth-order valence-corrected chi connectivity index (χ4v) is 3.71. The Bertz CT molecular complexity index is 550. The number of amides is 1. The van der Waals surface area contributed by atoms with E-state index < -0.39 is 5.54 Å². The lowest BCUT2D eigenvalue weighted by Crippen LogP contribution is -2.57. The molecule has 4 nitrogen and oxygen atoms in total. The van der Waals surface area contributed by atoms with Crippen molar-refractivity contribution in [1.82, 2.24) is 5.32 Å². The second-order valence-electron chi connectivity index (χ2n) is 6.60. The predicted molar refractivity (Wildman–Crippen MR) is 105 cm³/mol. The van der Waals surface area contributed by atoms with Crippen molar-refractivity contribution >= 4 is 48.0 Å². The van der Waals surface area contributed by atoms with E-state index in [9.17, 15) is 4.79 Å². The van der Waals surface area contributed by atoms with Gasteiger partial charge in [-0.2, -0.15) is 0 Å². The first-order chi connectivity index (χ1) is 10.6. The van der Waals surface area contributed by atoms with Gasteiger partial charge in [0.05, 0.1) is 5.54 Å². The molecule has 2 fully saturated rings. The Kier molecular flexibility index (Phi) is 8.13. The van der Waals surface area contributed by atoms with Crippen LogP contribution < -0.4 is 16.0 Å². The Morgan fingerprint density at radius 3 is 2.62 bits per heavy atom. The smallest absolute Gasteiger partial charge is 0.240 e. The molecule has 1 aromatic carbocycles. The number of carbonyl (C=O) groups is 1. The van der Waals surface area contributed by atoms with Crippen LogP contribution in [0, 0.1) is 0 Å². The summed E-state index contributed by atoms with van der Waals surface area (Å²) < 4.78 is 0. The Labute approximate surface area is 161 Å². The van der Waals surface area contributed by atoms with Crippen molar-refractivity contribution < 1.29 is 4.79 Å². The van der Waals surface area contributed by atoms with E-state index in [-0.39, 0.29) is 36.8 Å². The summed E-state index contributed by atoms with van der Waals surface area (Å²) in [5.41, 5.74) is 6.77. The lowest BCUT2D eigenvalue weighted by atomic mass is 9.82. The minimum atomic E-state index is -0.651. The van der Waals surface area contributed by atoms with Gasteiger partial charge in [0.15, 0.2) is 0 Å². The number of carbonyl (C=O) groups excluding carboxylic acids is 1. The molecule has 3 N–H and O–H groups in total. The SMILES string of the molecule is Cl.Cl.NC1(C(=O)NC2CCN(c3cccc(Cl)c3)C2)CCCCC1. The number of anilines is 1. The highest BCUT2D eigenvalue weighted by atomic mass is 35.5. The van der Waals surface area contributed by atoms with E-state index in [1.807, 2.05) is 18.2 Å². The first kappa shape index (κ1) is 21.4. The van der Waals surface area contributed by atoms with E-state index in [4.69, 9.17) is 17.3 Å². The van der Waals surface area contributed by atoms with Gasteiger partial charge in [-0.3, -0.25) is 4.79 Å². The van der Waals surface area contributed by atoms with E-state index in [1.165, 1.54) is 6.42 Å².